The lowest BCUT2D eigenvalue weighted by molar-refractivity contribution is -0.140. The molecular formula is C31H37Cl2N3O4S. The highest BCUT2D eigenvalue weighted by atomic mass is 35.5. The number of carbonyl (C=O) groups is 2. The molecule has 220 valence electrons. The van der Waals surface area contributed by atoms with E-state index in [2.05, 4.69) is 5.32 Å². The molecule has 3 rings (SSSR count). The molecule has 7 nitrogen and oxygen atoms in total. The van der Waals surface area contributed by atoms with E-state index in [1.54, 1.807) is 61.5 Å². The Balaban J connectivity index is 2.10. The summed E-state index contributed by atoms with van der Waals surface area (Å²) in [4.78, 5) is 29.0. The van der Waals surface area contributed by atoms with E-state index in [0.29, 0.717) is 33.3 Å². The van der Waals surface area contributed by atoms with Crippen LogP contribution in [0.25, 0.3) is 0 Å². The van der Waals surface area contributed by atoms with Crippen LogP contribution < -0.4 is 9.62 Å². The topological polar surface area (TPSA) is 86.8 Å². The molecule has 0 aliphatic carbocycles. The van der Waals surface area contributed by atoms with Crippen molar-refractivity contribution < 1.29 is 18.0 Å². The number of hydrogen-bond acceptors (Lipinski definition) is 4. The lowest BCUT2D eigenvalue weighted by Crippen LogP contribution is -2.53. The van der Waals surface area contributed by atoms with Crippen LogP contribution in [-0.2, 0) is 26.2 Å². The van der Waals surface area contributed by atoms with Gasteiger partial charge in [-0.2, -0.15) is 0 Å². The van der Waals surface area contributed by atoms with Gasteiger partial charge in [-0.25, -0.2) is 8.42 Å². The zero-order chi connectivity index (χ0) is 30.3. The van der Waals surface area contributed by atoms with Crippen LogP contribution in [0.15, 0.2) is 71.6 Å². The number of halogens is 2. The zero-order valence-corrected chi connectivity index (χ0v) is 26.4. The van der Waals surface area contributed by atoms with Gasteiger partial charge in [0.05, 0.1) is 10.6 Å². The molecule has 0 heterocycles. The van der Waals surface area contributed by atoms with E-state index >= 15 is 0 Å². The minimum Gasteiger partial charge on any atom is -0.352 e. The molecular weight excluding hydrogens is 581 g/mol. The second kappa shape index (κ2) is 14.2. The summed E-state index contributed by atoms with van der Waals surface area (Å²) in [6.07, 6.45) is 1.04. The van der Waals surface area contributed by atoms with E-state index in [4.69, 9.17) is 23.2 Å². The van der Waals surface area contributed by atoms with E-state index in [0.717, 1.165) is 16.3 Å². The van der Waals surface area contributed by atoms with Gasteiger partial charge in [-0.15, -0.1) is 0 Å². The normalized spacial score (nSPS) is 12.9. The molecule has 0 fully saturated rings. The van der Waals surface area contributed by atoms with Crippen LogP contribution in [0.3, 0.4) is 0 Å². The summed E-state index contributed by atoms with van der Waals surface area (Å²) in [5, 5.41) is 3.85. The number of nitrogens with zero attached hydrogens (tertiary/aromatic N) is 2. The molecule has 0 aliphatic heterocycles. The Morgan fingerprint density at radius 2 is 1.59 bits per heavy atom. The van der Waals surface area contributed by atoms with Crippen LogP contribution in [0.5, 0.6) is 0 Å². The van der Waals surface area contributed by atoms with Gasteiger partial charge in [0.25, 0.3) is 10.0 Å². The molecule has 0 aliphatic rings. The fraction of sp³-hybridized carbons (Fsp3) is 0.355. The number of rotatable bonds is 12. The number of benzene rings is 3. The van der Waals surface area contributed by atoms with Gasteiger partial charge in [-0.3, -0.25) is 13.9 Å². The van der Waals surface area contributed by atoms with Gasteiger partial charge < -0.3 is 10.2 Å². The highest BCUT2D eigenvalue weighted by Crippen LogP contribution is 2.30. The molecule has 0 aromatic heterocycles. The number of aryl methyl sites for hydroxylation is 2. The van der Waals surface area contributed by atoms with Gasteiger partial charge >= 0.3 is 0 Å². The van der Waals surface area contributed by atoms with Gasteiger partial charge in [-0.1, -0.05) is 72.9 Å². The number of amides is 2. The maximum Gasteiger partial charge on any atom is 0.264 e. The summed E-state index contributed by atoms with van der Waals surface area (Å²) >= 11 is 12.6. The van der Waals surface area contributed by atoms with Gasteiger partial charge in [0, 0.05) is 22.6 Å². The van der Waals surface area contributed by atoms with Gasteiger partial charge in [0.2, 0.25) is 11.8 Å². The van der Waals surface area contributed by atoms with Crippen molar-refractivity contribution in [2.24, 2.45) is 0 Å². The Kier molecular flexibility index (Phi) is 11.2. The van der Waals surface area contributed by atoms with E-state index in [-0.39, 0.29) is 23.4 Å². The van der Waals surface area contributed by atoms with Crippen molar-refractivity contribution in [3.05, 3.63) is 93.5 Å². The summed E-state index contributed by atoms with van der Waals surface area (Å²) in [7, 11) is -4.18. The number of hydrogen-bond donors (Lipinski definition) is 1. The van der Waals surface area contributed by atoms with Crippen LogP contribution >= 0.6 is 23.2 Å². The van der Waals surface area contributed by atoms with Crippen molar-refractivity contribution in [3.8, 4) is 0 Å². The lowest BCUT2D eigenvalue weighted by atomic mass is 10.1. The Hall–Kier alpha value is -3.07. The average Bonchev–Trinajstić information content (AvgIpc) is 2.93. The highest BCUT2D eigenvalue weighted by molar-refractivity contribution is 7.92. The predicted octanol–water partition coefficient (Wildman–Crippen LogP) is 6.53. The SMILES string of the molecule is CC[C@H](C)NC(=O)[C@H](CC)N(Cc1ccccc1Cl)C(=O)CN(c1ccc(Cl)cc1C)S(=O)(=O)c1ccc(C)cc1. The van der Waals surface area contributed by atoms with E-state index < -0.39 is 28.5 Å². The third kappa shape index (κ3) is 8.03. The van der Waals surface area contributed by atoms with Crippen molar-refractivity contribution >= 4 is 50.7 Å². The Labute approximate surface area is 253 Å². The van der Waals surface area contributed by atoms with Crippen molar-refractivity contribution in [1.82, 2.24) is 10.2 Å². The van der Waals surface area contributed by atoms with Crippen molar-refractivity contribution in [2.75, 3.05) is 10.8 Å². The van der Waals surface area contributed by atoms with Crippen molar-refractivity contribution in [3.63, 3.8) is 0 Å². The second-order valence-corrected chi connectivity index (χ2v) is 12.8. The minimum absolute atomic E-state index is 0.0307. The maximum atomic E-state index is 14.2. The molecule has 41 heavy (non-hydrogen) atoms. The largest absolute Gasteiger partial charge is 0.352 e. The van der Waals surface area contributed by atoms with Crippen LogP contribution in [0.1, 0.15) is 50.3 Å². The summed E-state index contributed by atoms with van der Waals surface area (Å²) < 4.78 is 29.2. The molecule has 0 saturated heterocycles. The Bertz CT molecular complexity index is 1480. The average molecular weight is 619 g/mol. The van der Waals surface area contributed by atoms with Crippen LogP contribution in [0, 0.1) is 13.8 Å². The van der Waals surface area contributed by atoms with Gasteiger partial charge in [0.15, 0.2) is 0 Å². The fourth-order valence-electron chi connectivity index (χ4n) is 4.42. The minimum atomic E-state index is -4.18. The lowest BCUT2D eigenvalue weighted by Gasteiger charge is -2.34. The van der Waals surface area contributed by atoms with Gasteiger partial charge in [0.1, 0.15) is 12.6 Å². The second-order valence-electron chi connectivity index (χ2n) is 10.1. The van der Waals surface area contributed by atoms with Crippen LogP contribution in [-0.4, -0.2) is 43.8 Å². The van der Waals surface area contributed by atoms with Crippen LogP contribution in [0.2, 0.25) is 10.0 Å². The fourth-order valence-corrected chi connectivity index (χ4v) is 6.32. The first-order valence-electron chi connectivity index (χ1n) is 13.6. The molecule has 0 spiro atoms. The van der Waals surface area contributed by atoms with Crippen molar-refractivity contribution in [2.45, 2.75) is 71.0 Å². The molecule has 2 atom stereocenters. The van der Waals surface area contributed by atoms with Crippen molar-refractivity contribution in [1.29, 1.82) is 0 Å². The quantitative estimate of drug-likeness (QED) is 0.250. The number of nitrogens with one attached hydrogen (secondary N) is 1. The Morgan fingerprint density at radius 1 is 0.927 bits per heavy atom. The maximum absolute atomic E-state index is 14.2. The molecule has 3 aromatic carbocycles. The molecule has 3 aromatic rings. The first-order valence-corrected chi connectivity index (χ1v) is 15.8. The van der Waals surface area contributed by atoms with E-state index in [1.807, 2.05) is 27.7 Å². The standard InChI is InChI=1S/C31H37Cl2N3O4S/c1-6-23(5)34-31(38)28(7-2)35(19-24-10-8-9-11-27(24)33)30(37)20-36(29-17-14-25(32)18-22(29)4)41(39,40)26-15-12-21(3)13-16-26/h8-18,23,28H,6-7,19-20H2,1-5H3,(H,34,38)/t23-,28-/m0/s1. The molecule has 10 heteroatoms. The smallest absolute Gasteiger partial charge is 0.264 e. The molecule has 1 N–H and O–H groups in total. The first kappa shape index (κ1) is 32.4. The molecule has 0 bridgehead atoms. The summed E-state index contributed by atoms with van der Waals surface area (Å²) in [5.41, 5.74) is 2.45. The molecule has 0 saturated carbocycles. The van der Waals surface area contributed by atoms with Crippen LogP contribution in [0.4, 0.5) is 5.69 Å². The van der Waals surface area contributed by atoms with E-state index in [9.17, 15) is 18.0 Å². The number of anilines is 1. The summed E-state index contributed by atoms with van der Waals surface area (Å²) in [6, 6.07) is 17.4. The summed E-state index contributed by atoms with van der Waals surface area (Å²) in [6.45, 7) is 8.77. The Morgan fingerprint density at radius 3 is 2.17 bits per heavy atom. The third-order valence-electron chi connectivity index (χ3n) is 7.00. The summed E-state index contributed by atoms with van der Waals surface area (Å²) in [5.74, 6) is -0.848. The molecule has 0 unspecified atom stereocenters. The number of sulfonamides is 1. The first-order chi connectivity index (χ1) is 19.4. The molecule has 0 radical (unpaired) electrons. The van der Waals surface area contributed by atoms with E-state index in [1.165, 1.54) is 17.0 Å². The predicted molar refractivity (Wildman–Crippen MR) is 166 cm³/mol. The zero-order valence-electron chi connectivity index (χ0n) is 24.0. The monoisotopic (exact) mass is 617 g/mol. The third-order valence-corrected chi connectivity index (χ3v) is 9.38. The number of carbonyl (C=O) groups excluding carboxylic acids is 2. The molecule has 2 amide bonds. The van der Waals surface area contributed by atoms with Gasteiger partial charge in [-0.05, 0) is 81.1 Å². The highest BCUT2D eigenvalue weighted by Gasteiger charge is 2.34.